The van der Waals surface area contributed by atoms with E-state index in [0.29, 0.717) is 19.8 Å². The summed E-state index contributed by atoms with van der Waals surface area (Å²) < 4.78 is 11.2. The molecule has 0 spiro atoms. The average molecular weight is 475 g/mol. The van der Waals surface area contributed by atoms with E-state index >= 15 is 0 Å². The van der Waals surface area contributed by atoms with Crippen LogP contribution in [-0.4, -0.2) is 45.0 Å². The third kappa shape index (κ3) is 8.22. The number of nitrogens with zero attached hydrogens (tertiary/aromatic N) is 1. The Labute approximate surface area is 175 Å². The quantitative estimate of drug-likeness (QED) is 0.248. The first-order valence-electron chi connectivity index (χ1n) is 9.56. The highest BCUT2D eigenvalue weighted by Crippen LogP contribution is 2.14. The van der Waals surface area contributed by atoms with Crippen LogP contribution in [0.15, 0.2) is 29.3 Å². The van der Waals surface area contributed by atoms with Crippen LogP contribution in [0, 0.1) is 0 Å². The number of rotatable bonds is 9. The molecule has 2 atom stereocenters. The van der Waals surface area contributed by atoms with E-state index in [-0.39, 0.29) is 36.1 Å². The minimum absolute atomic E-state index is 0. The fourth-order valence-corrected chi connectivity index (χ4v) is 2.86. The van der Waals surface area contributed by atoms with Crippen molar-refractivity contribution in [1.82, 2.24) is 10.6 Å². The second-order valence-corrected chi connectivity index (χ2v) is 6.43. The van der Waals surface area contributed by atoms with Crippen molar-refractivity contribution in [2.24, 2.45) is 4.99 Å². The second-order valence-electron chi connectivity index (χ2n) is 6.43. The van der Waals surface area contributed by atoms with Gasteiger partial charge in [0.2, 0.25) is 0 Å². The monoisotopic (exact) mass is 475 g/mol. The van der Waals surface area contributed by atoms with Crippen LogP contribution < -0.4 is 10.6 Å². The summed E-state index contributed by atoms with van der Waals surface area (Å²) in [6.45, 7) is 10.1. The van der Waals surface area contributed by atoms with Gasteiger partial charge in [-0.05, 0) is 44.2 Å². The molecule has 1 saturated heterocycles. The maximum atomic E-state index is 5.67. The van der Waals surface area contributed by atoms with Crippen molar-refractivity contribution in [3.63, 3.8) is 0 Å². The molecule has 0 saturated carbocycles. The van der Waals surface area contributed by atoms with Crippen LogP contribution in [0.25, 0.3) is 0 Å². The van der Waals surface area contributed by atoms with E-state index in [4.69, 9.17) is 9.47 Å². The van der Waals surface area contributed by atoms with Crippen molar-refractivity contribution < 1.29 is 9.47 Å². The van der Waals surface area contributed by atoms with Crippen LogP contribution in [0.5, 0.6) is 0 Å². The first-order valence-corrected chi connectivity index (χ1v) is 9.56. The molecule has 2 unspecified atom stereocenters. The lowest BCUT2D eigenvalue weighted by Crippen LogP contribution is -2.39. The van der Waals surface area contributed by atoms with E-state index in [9.17, 15) is 0 Å². The number of hydrogen-bond donors (Lipinski definition) is 2. The van der Waals surface area contributed by atoms with Gasteiger partial charge in [-0.2, -0.15) is 0 Å². The summed E-state index contributed by atoms with van der Waals surface area (Å²) in [6.07, 6.45) is 3.61. The first-order chi connectivity index (χ1) is 12.2. The van der Waals surface area contributed by atoms with Gasteiger partial charge in [-0.1, -0.05) is 31.2 Å². The highest BCUT2D eigenvalue weighted by molar-refractivity contribution is 14.0. The number of hydrogen-bond acceptors (Lipinski definition) is 3. The molecule has 1 aliphatic rings. The van der Waals surface area contributed by atoms with Crippen LogP contribution in [0.3, 0.4) is 0 Å². The topological polar surface area (TPSA) is 54.9 Å². The highest BCUT2D eigenvalue weighted by Gasteiger charge is 2.15. The van der Waals surface area contributed by atoms with Crippen molar-refractivity contribution in [3.8, 4) is 0 Å². The number of aliphatic imine (C=N–C) groups is 1. The smallest absolute Gasteiger partial charge is 0.191 e. The molecule has 26 heavy (non-hydrogen) atoms. The Bertz CT molecular complexity index is 516. The predicted molar refractivity (Wildman–Crippen MR) is 119 cm³/mol. The summed E-state index contributed by atoms with van der Waals surface area (Å²) in [5.74, 6) is 0.829. The summed E-state index contributed by atoms with van der Waals surface area (Å²) in [4.78, 5) is 4.61. The van der Waals surface area contributed by atoms with Crippen LogP contribution in [0.1, 0.15) is 50.8 Å². The van der Waals surface area contributed by atoms with Crippen molar-refractivity contribution in [1.29, 1.82) is 0 Å². The van der Waals surface area contributed by atoms with Gasteiger partial charge in [-0.15, -0.1) is 24.0 Å². The lowest BCUT2D eigenvalue weighted by atomic mass is 10.1. The Kier molecular flexibility index (Phi) is 11.9. The van der Waals surface area contributed by atoms with Crippen molar-refractivity contribution >= 4 is 29.9 Å². The Morgan fingerprint density at radius 1 is 1.31 bits per heavy atom. The standard InChI is InChI=1S/C20H33N3O2.HI/c1-4-17-8-10-18(11-9-17)16(3)23-20(21-5-2)22-12-14-24-15-19-7-6-13-25-19;/h8-11,16,19H,4-7,12-15H2,1-3H3,(H2,21,22,23);1H. The summed E-state index contributed by atoms with van der Waals surface area (Å²) >= 11 is 0. The molecule has 6 heteroatoms. The van der Waals surface area contributed by atoms with Crippen molar-refractivity contribution in [2.75, 3.05) is 32.9 Å². The highest BCUT2D eigenvalue weighted by atomic mass is 127. The van der Waals surface area contributed by atoms with Gasteiger partial charge in [0, 0.05) is 13.2 Å². The molecular weight excluding hydrogens is 441 g/mol. The number of ether oxygens (including phenoxy) is 2. The molecule has 0 amide bonds. The molecule has 0 aliphatic carbocycles. The summed E-state index contributed by atoms with van der Waals surface area (Å²) in [5, 5.41) is 6.76. The molecule has 1 aliphatic heterocycles. The van der Waals surface area contributed by atoms with Gasteiger partial charge >= 0.3 is 0 Å². The van der Waals surface area contributed by atoms with Gasteiger partial charge in [0.05, 0.1) is 31.9 Å². The van der Waals surface area contributed by atoms with Crippen molar-refractivity contribution in [2.45, 2.75) is 52.2 Å². The molecule has 1 aromatic carbocycles. The normalized spacial score (nSPS) is 18.3. The molecule has 1 heterocycles. The molecule has 2 rings (SSSR count). The van der Waals surface area contributed by atoms with Gasteiger partial charge in [0.25, 0.3) is 0 Å². The van der Waals surface area contributed by atoms with Gasteiger partial charge in [-0.25, -0.2) is 0 Å². The zero-order chi connectivity index (χ0) is 17.9. The number of halogens is 1. The van der Waals surface area contributed by atoms with Gasteiger partial charge in [-0.3, -0.25) is 4.99 Å². The number of aryl methyl sites for hydroxylation is 1. The van der Waals surface area contributed by atoms with Gasteiger partial charge in [0.15, 0.2) is 5.96 Å². The minimum Gasteiger partial charge on any atom is -0.377 e. The summed E-state index contributed by atoms with van der Waals surface area (Å²) in [7, 11) is 0. The molecule has 1 fully saturated rings. The van der Waals surface area contributed by atoms with E-state index in [0.717, 1.165) is 38.4 Å². The lowest BCUT2D eigenvalue weighted by molar-refractivity contribution is 0.0200. The first kappa shape index (κ1) is 23.2. The summed E-state index contributed by atoms with van der Waals surface area (Å²) in [6, 6.07) is 8.96. The fourth-order valence-electron chi connectivity index (χ4n) is 2.86. The van der Waals surface area contributed by atoms with Crippen molar-refractivity contribution in [3.05, 3.63) is 35.4 Å². The molecule has 0 aromatic heterocycles. The SMILES string of the molecule is CCNC(=NCCOCC1CCCO1)NC(C)c1ccc(CC)cc1.I. The Morgan fingerprint density at radius 2 is 2.08 bits per heavy atom. The van der Waals surface area contributed by atoms with Crippen LogP contribution in [-0.2, 0) is 15.9 Å². The molecule has 0 bridgehead atoms. The maximum Gasteiger partial charge on any atom is 0.191 e. The second kappa shape index (κ2) is 13.3. The zero-order valence-corrected chi connectivity index (χ0v) is 18.6. The van der Waals surface area contributed by atoms with Gasteiger partial charge in [0.1, 0.15) is 0 Å². The maximum absolute atomic E-state index is 5.67. The lowest BCUT2D eigenvalue weighted by Gasteiger charge is -2.18. The van der Waals surface area contributed by atoms with E-state index in [2.05, 4.69) is 60.7 Å². The van der Waals surface area contributed by atoms with E-state index in [1.54, 1.807) is 0 Å². The third-order valence-corrected chi connectivity index (χ3v) is 4.42. The molecule has 0 radical (unpaired) electrons. The molecule has 2 N–H and O–H groups in total. The minimum atomic E-state index is 0. The largest absolute Gasteiger partial charge is 0.377 e. The summed E-state index contributed by atoms with van der Waals surface area (Å²) in [5.41, 5.74) is 2.62. The van der Waals surface area contributed by atoms with E-state index < -0.39 is 0 Å². The van der Waals surface area contributed by atoms with Gasteiger partial charge < -0.3 is 20.1 Å². The Balaban J connectivity index is 0.00000338. The number of nitrogens with one attached hydrogen (secondary N) is 2. The van der Waals surface area contributed by atoms with Crippen LogP contribution >= 0.6 is 24.0 Å². The molecular formula is C20H34IN3O2. The van der Waals surface area contributed by atoms with E-state index in [1.165, 1.54) is 11.1 Å². The Morgan fingerprint density at radius 3 is 2.69 bits per heavy atom. The zero-order valence-electron chi connectivity index (χ0n) is 16.3. The third-order valence-electron chi connectivity index (χ3n) is 4.42. The Hall–Kier alpha value is -0.860. The molecule has 148 valence electrons. The number of benzene rings is 1. The molecule has 1 aromatic rings. The predicted octanol–water partition coefficient (Wildman–Crippen LogP) is 3.68. The van der Waals surface area contributed by atoms with E-state index in [1.807, 2.05) is 0 Å². The number of guanidine groups is 1. The van der Waals surface area contributed by atoms with Crippen LogP contribution in [0.4, 0.5) is 0 Å². The fraction of sp³-hybridized carbons (Fsp3) is 0.650. The average Bonchev–Trinajstić information content (AvgIpc) is 3.15. The molecule has 5 nitrogen and oxygen atoms in total. The van der Waals surface area contributed by atoms with Crippen LogP contribution in [0.2, 0.25) is 0 Å².